The number of aryl methyl sites for hydroxylation is 2. The molecule has 7 nitrogen and oxygen atoms in total. The topological polar surface area (TPSA) is 95.6 Å². The van der Waals surface area contributed by atoms with Gasteiger partial charge in [-0.2, -0.15) is 0 Å². The van der Waals surface area contributed by atoms with E-state index >= 15 is 0 Å². The molecular weight excluding hydrogens is 402 g/mol. The highest BCUT2D eigenvalue weighted by Gasteiger charge is 2.30. The van der Waals surface area contributed by atoms with Gasteiger partial charge in [-0.1, -0.05) is 0 Å². The van der Waals surface area contributed by atoms with Crippen LogP contribution in [0.4, 0.5) is 11.4 Å². The third-order valence-electron chi connectivity index (χ3n) is 5.40. The molecule has 30 heavy (non-hydrogen) atoms. The molecule has 156 valence electrons. The summed E-state index contributed by atoms with van der Waals surface area (Å²) in [6, 6.07) is 7.36. The number of Topliss-reactive ketones (excluding diaryl/α,β-unsaturated/α-hetero) is 1. The van der Waals surface area contributed by atoms with Crippen LogP contribution in [0.25, 0.3) is 0 Å². The highest BCUT2D eigenvalue weighted by atomic mass is 32.1. The van der Waals surface area contributed by atoms with E-state index in [0.29, 0.717) is 36.4 Å². The van der Waals surface area contributed by atoms with Gasteiger partial charge in [-0.05, 0) is 68.0 Å². The lowest BCUT2D eigenvalue weighted by atomic mass is 9.91. The first-order valence-electron chi connectivity index (χ1n) is 10.1. The first-order chi connectivity index (χ1) is 14.4. The minimum absolute atomic E-state index is 0.0197. The molecule has 0 unspecified atom stereocenters. The van der Waals surface area contributed by atoms with E-state index in [1.165, 1.54) is 18.3 Å². The second-order valence-electron chi connectivity index (χ2n) is 7.57. The van der Waals surface area contributed by atoms with Gasteiger partial charge in [0.15, 0.2) is 5.78 Å². The number of carbonyl (C=O) groups excluding carboxylic acids is 4. The molecule has 1 aromatic heterocycles. The molecule has 2 N–H and O–H groups in total. The fraction of sp³-hybridized carbons (Fsp3) is 0.364. The Hall–Kier alpha value is -3.00. The van der Waals surface area contributed by atoms with E-state index < -0.39 is 11.8 Å². The van der Waals surface area contributed by atoms with Gasteiger partial charge in [-0.15, -0.1) is 11.3 Å². The van der Waals surface area contributed by atoms with Gasteiger partial charge in [0.2, 0.25) is 5.91 Å². The second-order valence-corrected chi connectivity index (χ2v) is 8.74. The van der Waals surface area contributed by atoms with Crippen molar-refractivity contribution >= 4 is 46.2 Å². The molecule has 3 amide bonds. The molecule has 0 bridgehead atoms. The van der Waals surface area contributed by atoms with E-state index in [1.807, 2.05) is 23.1 Å². The van der Waals surface area contributed by atoms with E-state index in [9.17, 15) is 19.2 Å². The third kappa shape index (κ3) is 4.14. The predicted molar refractivity (Wildman–Crippen MR) is 115 cm³/mol. The SMILES string of the molecule is CC(=O)c1ccc(CCNC(=O)C(=O)Nc2cc3c4c(c2)CCC(=O)N4CCC3)s1. The van der Waals surface area contributed by atoms with Crippen molar-refractivity contribution in [3.63, 3.8) is 0 Å². The number of carbonyl (C=O) groups is 4. The van der Waals surface area contributed by atoms with Gasteiger partial charge >= 0.3 is 11.8 Å². The molecule has 0 atom stereocenters. The molecule has 4 rings (SSSR count). The summed E-state index contributed by atoms with van der Waals surface area (Å²) in [5.41, 5.74) is 3.66. The number of ketones is 1. The van der Waals surface area contributed by atoms with Crippen LogP contribution in [0.15, 0.2) is 24.3 Å². The van der Waals surface area contributed by atoms with E-state index in [1.54, 1.807) is 6.07 Å². The van der Waals surface area contributed by atoms with Crippen molar-refractivity contribution < 1.29 is 19.2 Å². The van der Waals surface area contributed by atoms with Crippen molar-refractivity contribution in [3.05, 3.63) is 45.1 Å². The highest BCUT2D eigenvalue weighted by molar-refractivity contribution is 7.14. The zero-order chi connectivity index (χ0) is 21.3. The Morgan fingerprint density at radius 2 is 1.83 bits per heavy atom. The van der Waals surface area contributed by atoms with Gasteiger partial charge in [-0.3, -0.25) is 19.2 Å². The van der Waals surface area contributed by atoms with Crippen LogP contribution >= 0.6 is 11.3 Å². The average molecular weight is 426 g/mol. The molecule has 0 spiro atoms. The molecule has 8 heteroatoms. The van der Waals surface area contributed by atoms with E-state index in [4.69, 9.17) is 0 Å². The van der Waals surface area contributed by atoms with Crippen LogP contribution in [-0.2, 0) is 33.6 Å². The van der Waals surface area contributed by atoms with Gasteiger partial charge in [0.25, 0.3) is 0 Å². The standard InChI is InChI=1S/C22H23N3O4S/c1-13(26)18-6-5-17(30-18)8-9-23-21(28)22(29)24-16-11-14-3-2-10-25-19(27)7-4-15(12-16)20(14)25/h5-6,11-12H,2-4,7-10H2,1H3,(H,23,28)(H,24,29). The van der Waals surface area contributed by atoms with Crippen molar-refractivity contribution in [2.75, 3.05) is 23.3 Å². The number of thiophene rings is 1. The van der Waals surface area contributed by atoms with Gasteiger partial charge in [0.05, 0.1) is 10.6 Å². The number of benzene rings is 1. The van der Waals surface area contributed by atoms with E-state index in [2.05, 4.69) is 10.6 Å². The number of nitrogens with zero attached hydrogens (tertiary/aromatic N) is 1. The molecule has 1 aromatic carbocycles. The first kappa shape index (κ1) is 20.3. The largest absolute Gasteiger partial charge is 0.347 e. The summed E-state index contributed by atoms with van der Waals surface area (Å²) in [4.78, 5) is 51.5. The predicted octanol–water partition coefficient (Wildman–Crippen LogP) is 2.47. The first-order valence-corrected chi connectivity index (χ1v) is 10.9. The summed E-state index contributed by atoms with van der Waals surface area (Å²) in [5.74, 6) is -1.23. The fourth-order valence-corrected chi connectivity index (χ4v) is 4.90. The molecule has 2 aliphatic rings. The Kier molecular flexibility index (Phi) is 5.67. The van der Waals surface area contributed by atoms with Crippen molar-refractivity contribution in [1.82, 2.24) is 5.32 Å². The number of nitrogens with one attached hydrogen (secondary N) is 2. The molecule has 0 fully saturated rings. The minimum atomic E-state index is -0.711. The Balaban J connectivity index is 1.36. The molecule has 3 heterocycles. The zero-order valence-corrected chi connectivity index (χ0v) is 17.6. The van der Waals surface area contributed by atoms with Crippen LogP contribution in [0.3, 0.4) is 0 Å². The lowest BCUT2D eigenvalue weighted by Crippen LogP contribution is -2.39. The Morgan fingerprint density at radius 1 is 1.07 bits per heavy atom. The van der Waals surface area contributed by atoms with Gasteiger partial charge < -0.3 is 15.5 Å². The van der Waals surface area contributed by atoms with Crippen molar-refractivity contribution in [3.8, 4) is 0 Å². The summed E-state index contributed by atoms with van der Waals surface area (Å²) in [6.07, 6.45) is 3.42. The normalized spacial score (nSPS) is 14.8. The molecular formula is C22H23N3O4S. The van der Waals surface area contributed by atoms with Crippen molar-refractivity contribution in [1.29, 1.82) is 0 Å². The monoisotopic (exact) mass is 425 g/mol. The van der Waals surface area contributed by atoms with Crippen LogP contribution < -0.4 is 15.5 Å². The Bertz CT molecular complexity index is 1030. The van der Waals surface area contributed by atoms with Gasteiger partial charge in [-0.25, -0.2) is 0 Å². The van der Waals surface area contributed by atoms with E-state index in [0.717, 1.165) is 41.1 Å². The van der Waals surface area contributed by atoms with Crippen LogP contribution in [-0.4, -0.2) is 36.6 Å². The number of hydrogen-bond acceptors (Lipinski definition) is 5. The van der Waals surface area contributed by atoms with E-state index in [-0.39, 0.29) is 11.7 Å². The number of amides is 3. The average Bonchev–Trinajstić information content (AvgIpc) is 3.20. The molecule has 0 saturated heterocycles. The Morgan fingerprint density at radius 3 is 2.57 bits per heavy atom. The van der Waals surface area contributed by atoms with Crippen LogP contribution in [0, 0.1) is 0 Å². The molecule has 0 radical (unpaired) electrons. The second kappa shape index (κ2) is 8.39. The molecule has 2 aliphatic heterocycles. The summed E-state index contributed by atoms with van der Waals surface area (Å²) < 4.78 is 0. The lowest BCUT2D eigenvalue weighted by Gasteiger charge is -2.35. The molecule has 2 aromatic rings. The van der Waals surface area contributed by atoms with Crippen LogP contribution in [0.5, 0.6) is 0 Å². The minimum Gasteiger partial charge on any atom is -0.347 e. The maximum Gasteiger partial charge on any atom is 0.313 e. The van der Waals surface area contributed by atoms with Gasteiger partial charge in [0.1, 0.15) is 0 Å². The number of rotatable bonds is 5. The summed E-state index contributed by atoms with van der Waals surface area (Å²) >= 11 is 1.40. The van der Waals surface area contributed by atoms with Crippen LogP contribution in [0.2, 0.25) is 0 Å². The van der Waals surface area contributed by atoms with Crippen molar-refractivity contribution in [2.45, 2.75) is 39.0 Å². The third-order valence-corrected chi connectivity index (χ3v) is 6.65. The maximum atomic E-state index is 12.3. The van der Waals surface area contributed by atoms with Crippen molar-refractivity contribution in [2.24, 2.45) is 0 Å². The molecule has 0 aliphatic carbocycles. The highest BCUT2D eigenvalue weighted by Crippen LogP contribution is 2.37. The lowest BCUT2D eigenvalue weighted by molar-refractivity contribution is -0.136. The summed E-state index contributed by atoms with van der Waals surface area (Å²) in [6.45, 7) is 2.58. The Labute approximate surface area is 178 Å². The quantitative estimate of drug-likeness (QED) is 0.568. The molecule has 0 saturated carbocycles. The van der Waals surface area contributed by atoms with Crippen LogP contribution in [0.1, 0.15) is 45.4 Å². The fourth-order valence-electron chi connectivity index (χ4n) is 3.99. The maximum absolute atomic E-state index is 12.3. The summed E-state index contributed by atoms with van der Waals surface area (Å²) in [5, 5.41) is 5.31. The smallest absolute Gasteiger partial charge is 0.313 e. The van der Waals surface area contributed by atoms with Gasteiger partial charge in [0, 0.05) is 30.1 Å². The number of hydrogen-bond donors (Lipinski definition) is 2. The zero-order valence-electron chi connectivity index (χ0n) is 16.7. The summed E-state index contributed by atoms with van der Waals surface area (Å²) in [7, 11) is 0. The number of anilines is 2.